The van der Waals surface area contributed by atoms with E-state index < -0.39 is 22.7 Å². The van der Waals surface area contributed by atoms with Crippen molar-refractivity contribution in [3.8, 4) is 5.75 Å². The fourth-order valence-corrected chi connectivity index (χ4v) is 3.68. The second-order valence-electron chi connectivity index (χ2n) is 6.12. The number of imidazole rings is 1. The van der Waals surface area contributed by atoms with Crippen LogP contribution in [0.15, 0.2) is 35.5 Å². The lowest BCUT2D eigenvalue weighted by Crippen LogP contribution is -2.29. The Labute approximate surface area is 161 Å². The van der Waals surface area contributed by atoms with Gasteiger partial charge >= 0.3 is 6.18 Å². The summed E-state index contributed by atoms with van der Waals surface area (Å²) >= 11 is 0. The molecule has 0 bridgehead atoms. The summed E-state index contributed by atoms with van der Waals surface area (Å²) in [6.07, 6.45) is -2.06. The van der Waals surface area contributed by atoms with Crippen molar-refractivity contribution in [2.75, 3.05) is 27.4 Å². The molecule has 0 aliphatic carbocycles. The summed E-state index contributed by atoms with van der Waals surface area (Å²) in [6.45, 7) is 0.897. The van der Waals surface area contributed by atoms with Crippen LogP contribution in [-0.4, -0.2) is 55.8 Å². The summed E-state index contributed by atoms with van der Waals surface area (Å²) < 4.78 is 75.7. The van der Waals surface area contributed by atoms with Crippen LogP contribution in [-0.2, 0) is 27.8 Å². The number of aryl methyl sites for hydroxylation is 1. The van der Waals surface area contributed by atoms with Gasteiger partial charge in [0, 0.05) is 26.6 Å². The molecule has 0 fully saturated rings. The second-order valence-corrected chi connectivity index (χ2v) is 8.16. The number of nitrogens with zero attached hydrogens (tertiary/aromatic N) is 3. The molecule has 0 saturated heterocycles. The zero-order valence-electron chi connectivity index (χ0n) is 15.7. The second kappa shape index (κ2) is 8.93. The van der Waals surface area contributed by atoms with Crippen molar-refractivity contribution < 1.29 is 31.1 Å². The Morgan fingerprint density at radius 3 is 2.57 bits per heavy atom. The number of hydrogen-bond donors (Lipinski definition) is 0. The normalized spacial score (nSPS) is 12.5. The first-order valence-electron chi connectivity index (χ1n) is 8.30. The molecule has 28 heavy (non-hydrogen) atoms. The van der Waals surface area contributed by atoms with Crippen molar-refractivity contribution in [2.45, 2.75) is 31.1 Å². The lowest BCUT2D eigenvalue weighted by Gasteiger charge is -2.19. The average molecular weight is 421 g/mol. The lowest BCUT2D eigenvalue weighted by atomic mass is 10.2. The summed E-state index contributed by atoms with van der Waals surface area (Å²) in [7, 11) is -1.09. The van der Waals surface area contributed by atoms with Crippen LogP contribution in [0.25, 0.3) is 0 Å². The van der Waals surface area contributed by atoms with Gasteiger partial charge in [0.15, 0.2) is 0 Å². The van der Waals surface area contributed by atoms with E-state index in [-0.39, 0.29) is 17.3 Å². The molecule has 0 unspecified atom stereocenters. The van der Waals surface area contributed by atoms with E-state index in [9.17, 15) is 21.6 Å². The van der Waals surface area contributed by atoms with Gasteiger partial charge in [0.2, 0.25) is 10.0 Å². The zero-order valence-corrected chi connectivity index (χ0v) is 16.5. The average Bonchev–Trinajstić information content (AvgIpc) is 3.01. The molecule has 7 nitrogen and oxygen atoms in total. The number of halogens is 3. The van der Waals surface area contributed by atoms with Gasteiger partial charge in [0.1, 0.15) is 24.7 Å². The molecule has 0 radical (unpaired) electrons. The Morgan fingerprint density at radius 2 is 1.96 bits per heavy atom. The highest BCUT2D eigenvalue weighted by atomic mass is 32.2. The molecule has 0 atom stereocenters. The first-order chi connectivity index (χ1) is 13.0. The first-order valence-corrected chi connectivity index (χ1v) is 9.74. The SMILES string of the molecule is COCCOc1ccc(S(=O)(=O)N(C)Cc2nccn2CC(F)(F)F)cc1C. The Morgan fingerprint density at radius 1 is 1.25 bits per heavy atom. The van der Waals surface area contributed by atoms with Gasteiger partial charge in [-0.3, -0.25) is 0 Å². The lowest BCUT2D eigenvalue weighted by molar-refractivity contribution is -0.141. The molecule has 1 aromatic heterocycles. The van der Waals surface area contributed by atoms with Crippen molar-refractivity contribution >= 4 is 10.0 Å². The molecule has 156 valence electrons. The smallest absolute Gasteiger partial charge is 0.406 e. The number of sulfonamides is 1. The van der Waals surface area contributed by atoms with Gasteiger partial charge in [-0.15, -0.1) is 0 Å². The van der Waals surface area contributed by atoms with Crippen molar-refractivity contribution in [1.82, 2.24) is 13.9 Å². The molecular weight excluding hydrogens is 399 g/mol. The largest absolute Gasteiger partial charge is 0.491 e. The molecule has 2 aromatic rings. The summed E-state index contributed by atoms with van der Waals surface area (Å²) in [5.41, 5.74) is 0.615. The van der Waals surface area contributed by atoms with Gasteiger partial charge in [-0.05, 0) is 30.7 Å². The number of ether oxygens (including phenoxy) is 2. The molecular formula is C17H22F3N3O4S. The maximum Gasteiger partial charge on any atom is 0.406 e. The summed E-state index contributed by atoms with van der Waals surface area (Å²) in [4.78, 5) is 3.86. The standard InChI is InChI=1S/C17H22F3N3O4S/c1-13-10-14(4-5-15(13)27-9-8-26-3)28(24,25)22(2)11-16-21-6-7-23(16)12-17(18,19)20/h4-7,10H,8-9,11-12H2,1-3H3. The van der Waals surface area contributed by atoms with Crippen LogP contribution in [0.4, 0.5) is 13.2 Å². The fraction of sp³-hybridized carbons (Fsp3) is 0.471. The van der Waals surface area contributed by atoms with Crippen molar-refractivity contribution in [1.29, 1.82) is 0 Å². The minimum absolute atomic E-state index is 0.000332. The van der Waals surface area contributed by atoms with Gasteiger partial charge < -0.3 is 14.0 Å². The highest BCUT2D eigenvalue weighted by Crippen LogP contribution is 2.25. The van der Waals surface area contributed by atoms with Crippen LogP contribution in [0.2, 0.25) is 0 Å². The fourth-order valence-electron chi connectivity index (χ4n) is 2.47. The molecule has 0 N–H and O–H groups in total. The highest BCUT2D eigenvalue weighted by Gasteiger charge is 2.30. The highest BCUT2D eigenvalue weighted by molar-refractivity contribution is 7.89. The third kappa shape index (κ3) is 5.69. The predicted molar refractivity (Wildman–Crippen MR) is 95.5 cm³/mol. The molecule has 11 heteroatoms. The number of hydrogen-bond acceptors (Lipinski definition) is 5. The minimum Gasteiger partial charge on any atom is -0.491 e. The zero-order chi connectivity index (χ0) is 20.9. The van der Waals surface area contributed by atoms with E-state index in [1.807, 2.05) is 0 Å². The predicted octanol–water partition coefficient (Wildman–Crippen LogP) is 2.60. The Hall–Kier alpha value is -2.11. The van der Waals surface area contributed by atoms with Crippen molar-refractivity contribution in [3.63, 3.8) is 0 Å². The Balaban J connectivity index is 2.16. The number of aromatic nitrogens is 2. The molecule has 2 rings (SSSR count). The topological polar surface area (TPSA) is 73.7 Å². The quantitative estimate of drug-likeness (QED) is 0.582. The van der Waals surface area contributed by atoms with E-state index in [1.165, 1.54) is 37.6 Å². The van der Waals surface area contributed by atoms with Crippen molar-refractivity contribution in [2.24, 2.45) is 0 Å². The Kier molecular flexibility index (Phi) is 7.07. The summed E-state index contributed by atoms with van der Waals surface area (Å²) in [6, 6.07) is 4.38. The number of alkyl halides is 3. The van der Waals surface area contributed by atoms with E-state index in [1.54, 1.807) is 14.0 Å². The molecule has 0 spiro atoms. The van der Waals surface area contributed by atoms with Crippen LogP contribution < -0.4 is 4.74 Å². The summed E-state index contributed by atoms with van der Waals surface area (Å²) in [5.74, 6) is 0.527. The van der Waals surface area contributed by atoms with E-state index in [4.69, 9.17) is 9.47 Å². The van der Waals surface area contributed by atoms with Crippen LogP contribution in [0.5, 0.6) is 5.75 Å². The molecule has 0 saturated carbocycles. The maximum atomic E-state index is 12.8. The minimum atomic E-state index is -4.43. The van der Waals surface area contributed by atoms with Crippen LogP contribution >= 0.6 is 0 Å². The van der Waals surface area contributed by atoms with Gasteiger partial charge in [-0.2, -0.15) is 17.5 Å². The third-order valence-corrected chi connectivity index (χ3v) is 5.71. The van der Waals surface area contributed by atoms with E-state index >= 15 is 0 Å². The van der Waals surface area contributed by atoms with Crippen LogP contribution in [0, 0.1) is 6.92 Å². The third-order valence-electron chi connectivity index (χ3n) is 3.92. The molecule has 1 heterocycles. The van der Waals surface area contributed by atoms with E-state index in [2.05, 4.69) is 4.98 Å². The van der Waals surface area contributed by atoms with Crippen molar-refractivity contribution in [3.05, 3.63) is 42.0 Å². The molecule has 0 aliphatic rings. The monoisotopic (exact) mass is 421 g/mol. The number of benzene rings is 1. The molecule has 0 amide bonds. The van der Waals surface area contributed by atoms with E-state index in [0.29, 0.717) is 24.5 Å². The van der Waals surface area contributed by atoms with Crippen LogP contribution in [0.3, 0.4) is 0 Å². The van der Waals surface area contributed by atoms with Crippen LogP contribution in [0.1, 0.15) is 11.4 Å². The molecule has 0 aliphatic heterocycles. The van der Waals surface area contributed by atoms with Gasteiger partial charge in [-0.25, -0.2) is 13.4 Å². The van der Waals surface area contributed by atoms with Gasteiger partial charge in [0.05, 0.1) is 18.0 Å². The van der Waals surface area contributed by atoms with Gasteiger partial charge in [-0.1, -0.05) is 0 Å². The number of methoxy groups -OCH3 is 1. The number of rotatable bonds is 9. The molecule has 1 aromatic carbocycles. The van der Waals surface area contributed by atoms with Gasteiger partial charge in [0.25, 0.3) is 0 Å². The maximum absolute atomic E-state index is 12.8. The Bertz CT molecular complexity index is 897. The summed E-state index contributed by atoms with van der Waals surface area (Å²) in [5, 5.41) is 0. The van der Waals surface area contributed by atoms with E-state index in [0.717, 1.165) is 8.87 Å². The first kappa shape index (κ1) is 22.2.